The van der Waals surface area contributed by atoms with Gasteiger partial charge in [0.1, 0.15) is 11.5 Å². The van der Waals surface area contributed by atoms with Gasteiger partial charge in [0.25, 0.3) is 5.91 Å². The summed E-state index contributed by atoms with van der Waals surface area (Å²) in [5, 5.41) is 4.79. The topological polar surface area (TPSA) is 63.1 Å². The maximum absolute atomic E-state index is 12.8. The monoisotopic (exact) mass is 369 g/mol. The number of carbonyl (C=O) groups is 1. The van der Waals surface area contributed by atoms with Gasteiger partial charge in [-0.05, 0) is 25.0 Å². The van der Waals surface area contributed by atoms with Crippen molar-refractivity contribution in [3.63, 3.8) is 0 Å². The van der Waals surface area contributed by atoms with Crippen LogP contribution in [0.15, 0.2) is 42.9 Å². The molecule has 1 N–H and O–H groups in total. The molecule has 0 unspecified atom stereocenters. The van der Waals surface area contributed by atoms with Crippen LogP contribution in [-0.2, 0) is 7.05 Å². The molecule has 134 valence electrons. The van der Waals surface area contributed by atoms with Gasteiger partial charge in [-0.3, -0.25) is 9.78 Å². The zero-order valence-electron chi connectivity index (χ0n) is 14.5. The fraction of sp³-hybridized carbons (Fsp3) is 0.316. The number of piperidine rings is 1. The molecular formula is C19H20ClN5O. The molecular weight excluding hydrogens is 350 g/mol. The lowest BCUT2D eigenvalue weighted by Crippen LogP contribution is -2.45. The van der Waals surface area contributed by atoms with Gasteiger partial charge in [-0.15, -0.1) is 0 Å². The molecule has 0 saturated carbocycles. The number of fused-ring (bicyclic) bond motifs is 1. The highest BCUT2D eigenvalue weighted by molar-refractivity contribution is 6.35. The predicted molar refractivity (Wildman–Crippen MR) is 103 cm³/mol. The lowest BCUT2D eigenvalue weighted by molar-refractivity contribution is 0.0923. The van der Waals surface area contributed by atoms with Crippen molar-refractivity contribution in [3.05, 3.63) is 53.6 Å². The van der Waals surface area contributed by atoms with E-state index in [1.54, 1.807) is 18.6 Å². The summed E-state index contributed by atoms with van der Waals surface area (Å²) in [5.74, 6) is 0.832. The highest BCUT2D eigenvalue weighted by Crippen LogP contribution is 2.26. The quantitative estimate of drug-likeness (QED) is 0.770. The van der Waals surface area contributed by atoms with Crippen LogP contribution in [-0.4, -0.2) is 39.6 Å². The van der Waals surface area contributed by atoms with Gasteiger partial charge < -0.3 is 14.8 Å². The first-order valence-electron chi connectivity index (χ1n) is 8.69. The Bertz CT molecular complexity index is 932. The van der Waals surface area contributed by atoms with Crippen LogP contribution < -0.4 is 10.2 Å². The van der Waals surface area contributed by atoms with Crippen molar-refractivity contribution < 1.29 is 4.79 Å². The van der Waals surface area contributed by atoms with Crippen molar-refractivity contribution in [1.82, 2.24) is 19.9 Å². The number of halogens is 1. The first-order chi connectivity index (χ1) is 12.6. The van der Waals surface area contributed by atoms with E-state index in [-0.39, 0.29) is 11.9 Å². The lowest BCUT2D eigenvalue weighted by atomic mass is 10.0. The molecule has 4 rings (SSSR count). The van der Waals surface area contributed by atoms with Gasteiger partial charge in [-0.25, -0.2) is 4.98 Å². The second-order valence-corrected chi connectivity index (χ2v) is 6.97. The molecule has 1 fully saturated rings. The van der Waals surface area contributed by atoms with Crippen LogP contribution in [0.3, 0.4) is 0 Å². The SMILES string of the molecule is Cn1c(C(=O)NC2CCN(c3cnccn3)CC2)cc2cccc(Cl)c21. The second-order valence-electron chi connectivity index (χ2n) is 6.56. The maximum atomic E-state index is 12.8. The lowest BCUT2D eigenvalue weighted by Gasteiger charge is -2.32. The van der Waals surface area contributed by atoms with Crippen LogP contribution in [0.1, 0.15) is 23.3 Å². The first-order valence-corrected chi connectivity index (χ1v) is 9.07. The molecule has 6 nitrogen and oxygen atoms in total. The number of anilines is 1. The Hall–Kier alpha value is -2.60. The van der Waals surface area contributed by atoms with Crippen LogP contribution >= 0.6 is 11.6 Å². The third kappa shape index (κ3) is 3.12. The number of aromatic nitrogens is 3. The molecule has 0 aliphatic carbocycles. The highest BCUT2D eigenvalue weighted by Gasteiger charge is 2.23. The molecule has 1 amide bonds. The summed E-state index contributed by atoms with van der Waals surface area (Å²) in [6.45, 7) is 1.70. The van der Waals surface area contributed by atoms with Crippen molar-refractivity contribution in [2.24, 2.45) is 7.05 Å². The first kappa shape index (κ1) is 16.8. The summed E-state index contributed by atoms with van der Waals surface area (Å²) in [6, 6.07) is 7.76. The molecule has 3 aromatic rings. The predicted octanol–water partition coefficient (Wildman–Crippen LogP) is 3.02. The van der Waals surface area contributed by atoms with Crippen molar-refractivity contribution >= 4 is 34.2 Å². The Labute approximate surface area is 156 Å². The standard InChI is InChI=1S/C19H20ClN5O/c1-24-16(11-13-3-2-4-15(20)18(13)24)19(26)23-14-5-9-25(10-6-14)17-12-21-7-8-22-17/h2-4,7-8,11-12,14H,5-6,9-10H2,1H3,(H,23,26). The molecule has 0 atom stereocenters. The zero-order chi connectivity index (χ0) is 18.1. The van der Waals surface area contributed by atoms with Crippen LogP contribution in [0, 0.1) is 0 Å². The van der Waals surface area contributed by atoms with Crippen LogP contribution in [0.2, 0.25) is 5.02 Å². The zero-order valence-corrected chi connectivity index (χ0v) is 15.3. The number of carbonyl (C=O) groups excluding carboxylic acids is 1. The van der Waals surface area contributed by atoms with E-state index < -0.39 is 0 Å². The van der Waals surface area contributed by atoms with Crippen LogP contribution in [0.25, 0.3) is 10.9 Å². The minimum Gasteiger partial charge on any atom is -0.355 e. The smallest absolute Gasteiger partial charge is 0.268 e. The van der Waals surface area contributed by atoms with Crippen molar-refractivity contribution in [2.45, 2.75) is 18.9 Å². The van der Waals surface area contributed by atoms with E-state index in [1.165, 1.54) is 0 Å². The molecule has 1 aliphatic heterocycles. The third-order valence-electron chi connectivity index (χ3n) is 4.94. The Balaban J connectivity index is 1.43. The Morgan fingerprint density at radius 3 is 2.77 bits per heavy atom. The van der Waals surface area contributed by atoms with Gasteiger partial charge in [-0.1, -0.05) is 23.7 Å². The van der Waals surface area contributed by atoms with E-state index in [9.17, 15) is 4.79 Å². The summed E-state index contributed by atoms with van der Waals surface area (Å²) < 4.78 is 1.86. The number of nitrogens with zero attached hydrogens (tertiary/aromatic N) is 4. The number of hydrogen-bond acceptors (Lipinski definition) is 4. The van der Waals surface area contributed by atoms with Crippen LogP contribution in [0.5, 0.6) is 0 Å². The van der Waals surface area contributed by atoms with Gasteiger partial charge in [0.05, 0.1) is 16.7 Å². The summed E-state index contributed by atoms with van der Waals surface area (Å²) in [4.78, 5) is 23.4. The molecule has 1 aromatic carbocycles. The average Bonchev–Trinajstić information content (AvgIpc) is 3.01. The molecule has 3 heterocycles. The van der Waals surface area contributed by atoms with Gasteiger partial charge in [0, 0.05) is 44.0 Å². The summed E-state index contributed by atoms with van der Waals surface area (Å²) >= 11 is 6.28. The van der Waals surface area contributed by atoms with E-state index in [0.717, 1.165) is 42.7 Å². The number of nitrogens with one attached hydrogen (secondary N) is 1. The Morgan fingerprint density at radius 2 is 2.08 bits per heavy atom. The number of hydrogen-bond donors (Lipinski definition) is 1. The summed E-state index contributed by atoms with van der Waals surface area (Å²) in [5.41, 5.74) is 1.52. The molecule has 7 heteroatoms. The molecule has 1 saturated heterocycles. The summed E-state index contributed by atoms with van der Waals surface area (Å²) in [7, 11) is 1.87. The van der Waals surface area contributed by atoms with Crippen molar-refractivity contribution in [2.75, 3.05) is 18.0 Å². The number of para-hydroxylation sites is 1. The molecule has 26 heavy (non-hydrogen) atoms. The fourth-order valence-electron chi connectivity index (χ4n) is 3.55. The fourth-order valence-corrected chi connectivity index (χ4v) is 3.86. The van der Waals surface area contributed by atoms with Crippen LogP contribution in [0.4, 0.5) is 5.82 Å². The molecule has 0 bridgehead atoms. The van der Waals surface area contributed by atoms with Gasteiger partial charge in [-0.2, -0.15) is 0 Å². The Morgan fingerprint density at radius 1 is 1.27 bits per heavy atom. The second kappa shape index (κ2) is 6.96. The normalized spacial score (nSPS) is 15.4. The van der Waals surface area contributed by atoms with Gasteiger partial charge in [0.2, 0.25) is 0 Å². The highest BCUT2D eigenvalue weighted by atomic mass is 35.5. The number of aryl methyl sites for hydroxylation is 1. The summed E-state index contributed by atoms with van der Waals surface area (Å²) in [6.07, 6.45) is 6.92. The van der Waals surface area contributed by atoms with Crippen molar-refractivity contribution in [3.8, 4) is 0 Å². The van der Waals surface area contributed by atoms with E-state index in [0.29, 0.717) is 10.7 Å². The van der Waals surface area contributed by atoms with E-state index in [4.69, 9.17) is 11.6 Å². The van der Waals surface area contributed by atoms with E-state index in [2.05, 4.69) is 20.2 Å². The van der Waals surface area contributed by atoms with Crippen molar-refractivity contribution in [1.29, 1.82) is 0 Å². The Kier molecular flexibility index (Phi) is 4.51. The largest absolute Gasteiger partial charge is 0.355 e. The van der Waals surface area contributed by atoms with E-state index in [1.807, 2.05) is 35.9 Å². The minimum absolute atomic E-state index is 0.0577. The molecule has 2 aromatic heterocycles. The van der Waals surface area contributed by atoms with Gasteiger partial charge >= 0.3 is 0 Å². The minimum atomic E-state index is -0.0577. The maximum Gasteiger partial charge on any atom is 0.268 e. The molecule has 1 aliphatic rings. The van der Waals surface area contributed by atoms with Gasteiger partial charge in [0.15, 0.2) is 0 Å². The number of rotatable bonds is 3. The number of amides is 1. The average molecular weight is 370 g/mol. The molecule has 0 spiro atoms. The third-order valence-corrected chi connectivity index (χ3v) is 5.25. The number of benzene rings is 1. The van der Waals surface area contributed by atoms with E-state index >= 15 is 0 Å². The molecule has 0 radical (unpaired) electrons.